The normalized spacial score (nSPS) is 20.1. The van der Waals surface area contributed by atoms with Crippen LogP contribution in [0.25, 0.3) is 0 Å². The van der Waals surface area contributed by atoms with E-state index in [0.29, 0.717) is 0 Å². The topological polar surface area (TPSA) is 41.9 Å². The SMILES string of the molecule is Oc1ccc2c(c1)OC(c1ccc(OCCN3CCCC3)cc1)CC2. The number of nitrogens with zero attached hydrogens (tertiary/aromatic N) is 1. The second-order valence-corrected chi connectivity index (χ2v) is 6.90. The highest BCUT2D eigenvalue weighted by Gasteiger charge is 2.21. The van der Waals surface area contributed by atoms with Crippen LogP contribution in [-0.2, 0) is 6.42 Å². The summed E-state index contributed by atoms with van der Waals surface area (Å²) in [6, 6.07) is 13.6. The number of hydrogen-bond acceptors (Lipinski definition) is 4. The second kappa shape index (κ2) is 7.36. The lowest BCUT2D eigenvalue weighted by Crippen LogP contribution is -2.25. The van der Waals surface area contributed by atoms with Crippen molar-refractivity contribution in [2.75, 3.05) is 26.2 Å². The molecule has 0 saturated carbocycles. The predicted octanol–water partition coefficient (Wildman–Crippen LogP) is 3.93. The van der Waals surface area contributed by atoms with Crippen molar-refractivity contribution in [3.63, 3.8) is 0 Å². The van der Waals surface area contributed by atoms with E-state index in [0.717, 1.165) is 48.6 Å². The quantitative estimate of drug-likeness (QED) is 0.896. The molecule has 0 radical (unpaired) electrons. The lowest BCUT2D eigenvalue weighted by molar-refractivity contribution is 0.176. The van der Waals surface area contributed by atoms with Crippen LogP contribution in [-0.4, -0.2) is 36.2 Å². The van der Waals surface area contributed by atoms with Gasteiger partial charge in [-0.05, 0) is 68.1 Å². The predicted molar refractivity (Wildman–Crippen MR) is 97.4 cm³/mol. The molecule has 2 aliphatic heterocycles. The van der Waals surface area contributed by atoms with Gasteiger partial charge in [-0.25, -0.2) is 0 Å². The zero-order valence-electron chi connectivity index (χ0n) is 14.5. The fraction of sp³-hybridized carbons (Fsp3) is 0.429. The molecule has 2 aromatic rings. The summed E-state index contributed by atoms with van der Waals surface area (Å²) in [6.45, 7) is 4.16. The lowest BCUT2D eigenvalue weighted by Gasteiger charge is -2.26. The Balaban J connectivity index is 1.34. The summed E-state index contributed by atoms with van der Waals surface area (Å²) >= 11 is 0. The molecule has 4 nitrogen and oxygen atoms in total. The average Bonchev–Trinajstić information content (AvgIpc) is 3.15. The summed E-state index contributed by atoms with van der Waals surface area (Å²) < 4.78 is 11.9. The Kier molecular flexibility index (Phi) is 4.79. The van der Waals surface area contributed by atoms with Gasteiger partial charge in [0.25, 0.3) is 0 Å². The summed E-state index contributed by atoms with van der Waals surface area (Å²) in [6.07, 6.45) is 4.59. The first-order chi connectivity index (χ1) is 12.3. The first-order valence-corrected chi connectivity index (χ1v) is 9.21. The third kappa shape index (κ3) is 3.90. The molecule has 1 atom stereocenters. The number of ether oxygens (including phenoxy) is 2. The van der Waals surface area contributed by atoms with Gasteiger partial charge in [-0.15, -0.1) is 0 Å². The summed E-state index contributed by atoms with van der Waals surface area (Å²) in [7, 11) is 0. The average molecular weight is 339 g/mol. The molecule has 4 rings (SSSR count). The van der Waals surface area contributed by atoms with Gasteiger partial charge in [0, 0.05) is 12.6 Å². The molecule has 1 fully saturated rings. The largest absolute Gasteiger partial charge is 0.508 e. The Hall–Kier alpha value is -2.20. The zero-order chi connectivity index (χ0) is 17.1. The molecule has 0 aliphatic carbocycles. The van der Waals surface area contributed by atoms with E-state index in [1.165, 1.54) is 25.9 Å². The minimum Gasteiger partial charge on any atom is -0.508 e. The Morgan fingerprint density at radius 1 is 1.08 bits per heavy atom. The van der Waals surface area contributed by atoms with Crippen LogP contribution >= 0.6 is 0 Å². The van der Waals surface area contributed by atoms with Crippen molar-refractivity contribution in [3.8, 4) is 17.2 Å². The van der Waals surface area contributed by atoms with Gasteiger partial charge in [0.2, 0.25) is 0 Å². The van der Waals surface area contributed by atoms with Crippen LogP contribution < -0.4 is 9.47 Å². The zero-order valence-corrected chi connectivity index (χ0v) is 14.5. The Labute approximate surface area is 149 Å². The number of fused-ring (bicyclic) bond motifs is 1. The number of benzene rings is 2. The smallest absolute Gasteiger partial charge is 0.127 e. The van der Waals surface area contributed by atoms with Gasteiger partial charge < -0.3 is 14.6 Å². The minimum atomic E-state index is 0.0351. The molecule has 0 spiro atoms. The van der Waals surface area contributed by atoms with Crippen LogP contribution in [0.3, 0.4) is 0 Å². The van der Waals surface area contributed by atoms with E-state index in [9.17, 15) is 5.11 Å². The van der Waals surface area contributed by atoms with E-state index in [1.807, 2.05) is 18.2 Å². The van der Waals surface area contributed by atoms with Crippen LogP contribution in [0.2, 0.25) is 0 Å². The van der Waals surface area contributed by atoms with Crippen LogP contribution in [0.4, 0.5) is 0 Å². The molecule has 2 aliphatic rings. The fourth-order valence-corrected chi connectivity index (χ4v) is 3.67. The molecule has 4 heteroatoms. The van der Waals surface area contributed by atoms with Crippen LogP contribution in [0.15, 0.2) is 42.5 Å². The molecule has 2 aromatic carbocycles. The van der Waals surface area contributed by atoms with E-state index in [2.05, 4.69) is 17.0 Å². The molecular weight excluding hydrogens is 314 g/mol. The number of phenolic OH excluding ortho intramolecular Hbond substituents is 1. The lowest BCUT2D eigenvalue weighted by atomic mass is 9.97. The maximum atomic E-state index is 9.64. The van der Waals surface area contributed by atoms with E-state index in [4.69, 9.17) is 9.47 Å². The van der Waals surface area contributed by atoms with Crippen molar-refractivity contribution in [2.45, 2.75) is 31.8 Å². The maximum absolute atomic E-state index is 9.64. The van der Waals surface area contributed by atoms with Crippen LogP contribution in [0.5, 0.6) is 17.2 Å². The molecule has 1 unspecified atom stereocenters. The van der Waals surface area contributed by atoms with Gasteiger partial charge in [0.15, 0.2) is 0 Å². The van der Waals surface area contributed by atoms with Gasteiger partial charge in [-0.3, -0.25) is 4.90 Å². The van der Waals surface area contributed by atoms with Gasteiger partial charge >= 0.3 is 0 Å². The summed E-state index contributed by atoms with van der Waals surface area (Å²) in [5.41, 5.74) is 2.32. The first kappa shape index (κ1) is 16.3. The molecule has 25 heavy (non-hydrogen) atoms. The van der Waals surface area contributed by atoms with E-state index >= 15 is 0 Å². The fourth-order valence-electron chi connectivity index (χ4n) is 3.67. The van der Waals surface area contributed by atoms with Gasteiger partial charge in [0.05, 0.1) is 0 Å². The number of aryl methyl sites for hydroxylation is 1. The third-order valence-electron chi connectivity index (χ3n) is 5.12. The van der Waals surface area contributed by atoms with Crippen molar-refractivity contribution < 1.29 is 14.6 Å². The summed E-state index contributed by atoms with van der Waals surface area (Å²) in [5.74, 6) is 1.96. The van der Waals surface area contributed by atoms with Crippen molar-refractivity contribution in [2.24, 2.45) is 0 Å². The Morgan fingerprint density at radius 2 is 1.88 bits per heavy atom. The Morgan fingerprint density at radius 3 is 2.68 bits per heavy atom. The van der Waals surface area contributed by atoms with Crippen molar-refractivity contribution in [1.82, 2.24) is 4.90 Å². The van der Waals surface area contributed by atoms with Crippen molar-refractivity contribution in [1.29, 1.82) is 0 Å². The molecule has 0 aromatic heterocycles. The van der Waals surface area contributed by atoms with Crippen LogP contribution in [0, 0.1) is 0 Å². The number of likely N-dealkylation sites (tertiary alicyclic amines) is 1. The van der Waals surface area contributed by atoms with Gasteiger partial charge in [-0.1, -0.05) is 18.2 Å². The highest BCUT2D eigenvalue weighted by molar-refractivity contribution is 5.42. The van der Waals surface area contributed by atoms with Crippen LogP contribution in [0.1, 0.15) is 36.5 Å². The molecule has 132 valence electrons. The van der Waals surface area contributed by atoms with E-state index < -0.39 is 0 Å². The highest BCUT2D eigenvalue weighted by atomic mass is 16.5. The van der Waals surface area contributed by atoms with E-state index in [1.54, 1.807) is 12.1 Å². The number of phenols is 1. The van der Waals surface area contributed by atoms with Gasteiger partial charge in [-0.2, -0.15) is 0 Å². The highest BCUT2D eigenvalue weighted by Crippen LogP contribution is 2.37. The molecule has 0 amide bonds. The minimum absolute atomic E-state index is 0.0351. The first-order valence-electron chi connectivity index (χ1n) is 9.21. The van der Waals surface area contributed by atoms with E-state index in [-0.39, 0.29) is 11.9 Å². The monoisotopic (exact) mass is 339 g/mol. The summed E-state index contributed by atoms with van der Waals surface area (Å²) in [4.78, 5) is 2.46. The summed E-state index contributed by atoms with van der Waals surface area (Å²) in [5, 5.41) is 9.64. The maximum Gasteiger partial charge on any atom is 0.127 e. The van der Waals surface area contributed by atoms with Gasteiger partial charge in [0.1, 0.15) is 30.0 Å². The number of hydrogen-bond donors (Lipinski definition) is 1. The number of rotatable bonds is 5. The standard InChI is InChI=1S/C21H25NO3/c23-18-7-3-17-6-10-20(25-21(17)15-18)16-4-8-19(9-5-16)24-14-13-22-11-1-2-12-22/h3-5,7-9,15,20,23H,1-2,6,10-14H2. The molecule has 1 saturated heterocycles. The van der Waals surface area contributed by atoms with Crippen molar-refractivity contribution in [3.05, 3.63) is 53.6 Å². The molecule has 1 N–H and O–H groups in total. The second-order valence-electron chi connectivity index (χ2n) is 6.90. The van der Waals surface area contributed by atoms with Crippen molar-refractivity contribution >= 4 is 0 Å². The molecular formula is C21H25NO3. The number of aromatic hydroxyl groups is 1. The Bertz CT molecular complexity index is 708. The molecule has 0 bridgehead atoms. The molecule has 2 heterocycles. The third-order valence-corrected chi connectivity index (χ3v) is 5.12.